The maximum absolute atomic E-state index is 16.5. The van der Waals surface area contributed by atoms with E-state index in [-0.39, 0.29) is 43.6 Å². The van der Waals surface area contributed by atoms with Crippen LogP contribution in [0.4, 0.5) is 8.78 Å². The minimum atomic E-state index is -3.49. The summed E-state index contributed by atoms with van der Waals surface area (Å²) in [6.45, 7) is 10.1. The maximum Gasteiger partial charge on any atom is 0.268 e. The van der Waals surface area contributed by atoms with E-state index in [1.807, 2.05) is 45.3 Å². The number of aromatic amines is 1. The van der Waals surface area contributed by atoms with Crippen LogP contribution in [0.3, 0.4) is 0 Å². The molecule has 4 heterocycles. The van der Waals surface area contributed by atoms with Gasteiger partial charge in [0.05, 0.1) is 23.6 Å². The molecule has 0 aliphatic rings. The van der Waals surface area contributed by atoms with Crippen LogP contribution in [0.25, 0.3) is 44.2 Å². The van der Waals surface area contributed by atoms with Crippen LogP contribution in [0.1, 0.15) is 69.6 Å². The number of halogens is 2. The second-order valence-electron chi connectivity index (χ2n) is 13.4. The molecule has 51 heavy (non-hydrogen) atoms. The average Bonchev–Trinajstić information content (AvgIpc) is 3.75. The van der Waals surface area contributed by atoms with Gasteiger partial charge in [-0.05, 0) is 58.3 Å². The summed E-state index contributed by atoms with van der Waals surface area (Å²) in [5, 5.41) is 1.55. The number of rotatable bonds is 5. The van der Waals surface area contributed by atoms with Gasteiger partial charge in [0.15, 0.2) is 0 Å². The van der Waals surface area contributed by atoms with Crippen LogP contribution in [-0.2, 0) is 32.4 Å². The molecule has 260 valence electrons. The van der Waals surface area contributed by atoms with E-state index >= 15 is 8.78 Å². The molecule has 0 aliphatic carbocycles. The van der Waals surface area contributed by atoms with E-state index in [2.05, 4.69) is 47.3 Å². The van der Waals surface area contributed by atoms with Crippen molar-refractivity contribution in [2.24, 2.45) is 0 Å². The zero-order chi connectivity index (χ0) is 39.4. The van der Waals surface area contributed by atoms with Crippen molar-refractivity contribution in [2.45, 2.75) is 51.9 Å². The number of pyridine rings is 2. The predicted octanol–water partition coefficient (Wildman–Crippen LogP) is 9.98. The van der Waals surface area contributed by atoms with Gasteiger partial charge in [0.2, 0.25) is 0 Å². The van der Waals surface area contributed by atoms with E-state index in [0.717, 1.165) is 16.3 Å². The standard InChI is InChI=1S/C35H26F2N4.C8H11N.Pt/c1-34(2,3)24-17-25(35(36,37)23-13-14-28-29-21-38-16-15-30(29)39-31(28)20-23)19-27(18-24)41-22-40(26-9-5-4-6-10-26)32-11-7-8-12-33(32)41;1-7(2)8-3-5-9-6-4-8;/h4-18,21,39H,1-3H3;3-7H,1-2H3;/q-2;;/i4D,5D,6D,9D,10D;;. The first-order chi connectivity index (χ1) is 26.1. The number of hydrogen-bond donors (Lipinski definition) is 1. The zero-order valence-corrected chi connectivity index (χ0v) is 30.9. The molecule has 4 aromatic carbocycles. The van der Waals surface area contributed by atoms with Crippen molar-refractivity contribution in [3.8, 4) is 11.4 Å². The number of hydrogen-bond acceptors (Lipinski definition) is 2. The maximum atomic E-state index is 16.5. The molecule has 1 N–H and O–H groups in total. The monoisotopic (exact) mass is 861 g/mol. The molecule has 0 saturated heterocycles. The van der Waals surface area contributed by atoms with Crippen molar-refractivity contribution in [1.82, 2.24) is 19.5 Å². The molecule has 8 aromatic rings. The minimum Gasteiger partial charge on any atom is -0.378 e. The van der Waals surface area contributed by atoms with Gasteiger partial charge in [-0.1, -0.05) is 93.7 Å². The Balaban J connectivity index is 0.000000470. The van der Waals surface area contributed by atoms with Crippen LogP contribution < -0.4 is 4.57 Å². The molecular formula is C43H37F2N5Pt-2. The molecule has 5 nitrogen and oxygen atoms in total. The Labute approximate surface area is 318 Å². The molecule has 0 radical (unpaired) electrons. The molecule has 4 aromatic heterocycles. The fourth-order valence-electron chi connectivity index (χ4n) is 5.78. The predicted molar refractivity (Wildman–Crippen MR) is 195 cm³/mol. The van der Waals surface area contributed by atoms with Crippen molar-refractivity contribution >= 4 is 32.8 Å². The number of H-pyrrole nitrogens is 1. The quantitative estimate of drug-likeness (QED) is 0.139. The Morgan fingerprint density at radius 3 is 2.27 bits per heavy atom. The van der Waals surface area contributed by atoms with Gasteiger partial charge in [-0.2, -0.15) is 35.9 Å². The SMILES string of the molecule is CC(C)c1ccncc1.[2H]c1c([2H])c([2H])c(-[n+]2[c-]n(-c3[c-]c(C(F)(F)c4[c-]c5[nH]c6ccncc6c5cc4)cc(C(C)(C)C)c3)c3ccccc32)c([2H])c1[2H].[Pt]. The fourth-order valence-corrected chi connectivity index (χ4v) is 5.78. The zero-order valence-electron chi connectivity index (χ0n) is 33.6. The molecule has 0 saturated carbocycles. The Bertz CT molecular complexity index is 2700. The van der Waals surface area contributed by atoms with Crippen molar-refractivity contribution in [3.05, 3.63) is 162 Å². The van der Waals surface area contributed by atoms with Crippen molar-refractivity contribution in [3.63, 3.8) is 0 Å². The number of imidazole rings is 1. The number of nitrogens with zero attached hydrogens (tertiary/aromatic N) is 4. The van der Waals surface area contributed by atoms with E-state index < -0.39 is 41.5 Å². The van der Waals surface area contributed by atoms with Crippen LogP contribution >= 0.6 is 0 Å². The van der Waals surface area contributed by atoms with Crippen LogP contribution in [0.5, 0.6) is 0 Å². The first kappa shape index (κ1) is 29.7. The summed E-state index contributed by atoms with van der Waals surface area (Å²) < 4.78 is 77.4. The van der Waals surface area contributed by atoms with Crippen LogP contribution in [-0.4, -0.2) is 19.5 Å². The molecule has 0 amide bonds. The van der Waals surface area contributed by atoms with E-state index in [1.54, 1.807) is 54.9 Å². The normalized spacial score (nSPS) is 13.2. The van der Waals surface area contributed by atoms with Gasteiger partial charge in [-0.15, -0.1) is 11.5 Å². The van der Waals surface area contributed by atoms with Gasteiger partial charge >= 0.3 is 0 Å². The summed E-state index contributed by atoms with van der Waals surface area (Å²) in [5.41, 5.74) is 3.09. The molecule has 8 heteroatoms. The average molecular weight is 862 g/mol. The summed E-state index contributed by atoms with van der Waals surface area (Å²) in [6.07, 6.45) is 10.1. The topological polar surface area (TPSA) is 50.4 Å². The number of benzene rings is 4. The van der Waals surface area contributed by atoms with Gasteiger partial charge in [0.25, 0.3) is 12.2 Å². The Morgan fingerprint density at radius 2 is 1.57 bits per heavy atom. The Kier molecular flexibility index (Phi) is 8.34. The van der Waals surface area contributed by atoms with Crippen molar-refractivity contribution in [2.75, 3.05) is 0 Å². The van der Waals surface area contributed by atoms with Crippen molar-refractivity contribution < 1.29 is 41.3 Å². The number of para-hydroxylation sites is 3. The first-order valence-electron chi connectivity index (χ1n) is 18.7. The molecule has 0 unspecified atom stereocenters. The van der Waals surface area contributed by atoms with E-state index in [4.69, 9.17) is 6.85 Å². The molecule has 0 spiro atoms. The van der Waals surface area contributed by atoms with Crippen molar-refractivity contribution in [1.29, 1.82) is 0 Å². The number of alkyl halides is 2. The van der Waals surface area contributed by atoms with Gasteiger partial charge in [0.1, 0.15) is 0 Å². The van der Waals surface area contributed by atoms with E-state index in [0.29, 0.717) is 28.0 Å². The smallest absolute Gasteiger partial charge is 0.268 e. The molecular weight excluding hydrogens is 820 g/mol. The second kappa shape index (κ2) is 14.3. The van der Waals surface area contributed by atoms with Gasteiger partial charge in [0, 0.05) is 51.4 Å². The Morgan fingerprint density at radius 1 is 0.843 bits per heavy atom. The molecule has 0 fully saturated rings. The van der Waals surface area contributed by atoms with Gasteiger partial charge in [-0.3, -0.25) is 14.5 Å². The summed E-state index contributed by atoms with van der Waals surface area (Å²) in [7, 11) is 0. The number of fused-ring (bicyclic) bond motifs is 4. The second-order valence-corrected chi connectivity index (χ2v) is 13.4. The number of aromatic nitrogens is 5. The molecule has 0 aliphatic heterocycles. The third kappa shape index (κ3) is 7.13. The summed E-state index contributed by atoms with van der Waals surface area (Å²) in [6, 6.07) is 22.6. The van der Waals surface area contributed by atoms with Crippen LogP contribution in [0.15, 0.2) is 122 Å². The third-order valence-corrected chi connectivity index (χ3v) is 8.60. The van der Waals surface area contributed by atoms with E-state index in [1.165, 1.54) is 26.8 Å². The molecule has 0 bridgehead atoms. The summed E-state index contributed by atoms with van der Waals surface area (Å²) >= 11 is 0. The Hall–Kier alpha value is -5.00. The van der Waals surface area contributed by atoms with Gasteiger partial charge < -0.3 is 9.55 Å². The van der Waals surface area contributed by atoms with Crippen LogP contribution in [0.2, 0.25) is 0 Å². The van der Waals surface area contributed by atoms with Gasteiger partial charge in [-0.25, -0.2) is 8.78 Å². The van der Waals surface area contributed by atoms with E-state index in [9.17, 15) is 0 Å². The molecule has 0 atom stereocenters. The first-order valence-corrected chi connectivity index (χ1v) is 16.2. The number of nitrogens with one attached hydrogen (secondary N) is 1. The van der Waals surface area contributed by atoms with Crippen LogP contribution in [0, 0.1) is 18.5 Å². The third-order valence-electron chi connectivity index (χ3n) is 8.60. The molecule has 8 rings (SSSR count). The fraction of sp³-hybridized carbons (Fsp3) is 0.186. The summed E-state index contributed by atoms with van der Waals surface area (Å²) in [5.74, 6) is -2.88. The summed E-state index contributed by atoms with van der Waals surface area (Å²) in [4.78, 5) is 11.2. The minimum absolute atomic E-state index is 0. The largest absolute Gasteiger partial charge is 0.378 e.